The van der Waals surface area contributed by atoms with Crippen molar-refractivity contribution in [1.29, 1.82) is 0 Å². The van der Waals surface area contributed by atoms with E-state index >= 15 is 0 Å². The van der Waals surface area contributed by atoms with Gasteiger partial charge >= 0.3 is 5.97 Å². The summed E-state index contributed by atoms with van der Waals surface area (Å²) in [6, 6.07) is 9.80. The lowest BCUT2D eigenvalue weighted by Gasteiger charge is -2.08. The normalized spacial score (nSPS) is 15.0. The molecule has 1 aliphatic rings. The zero-order valence-corrected chi connectivity index (χ0v) is 13.9. The fraction of sp³-hybridized carbons (Fsp3) is 0.632. The van der Waals surface area contributed by atoms with Gasteiger partial charge in [0.1, 0.15) is 6.61 Å². The van der Waals surface area contributed by atoms with E-state index in [1.807, 2.05) is 30.3 Å². The molecule has 0 bridgehead atoms. The first-order valence-electron chi connectivity index (χ1n) is 8.77. The van der Waals surface area contributed by atoms with Gasteiger partial charge in [-0.3, -0.25) is 4.79 Å². The maximum absolute atomic E-state index is 11.6. The van der Waals surface area contributed by atoms with Gasteiger partial charge in [0.15, 0.2) is 6.29 Å². The quantitative estimate of drug-likeness (QED) is 0.452. The lowest BCUT2D eigenvalue weighted by Crippen LogP contribution is -2.06. The third-order valence-electron chi connectivity index (χ3n) is 4.00. The van der Waals surface area contributed by atoms with Crippen LogP contribution < -0.4 is 0 Å². The van der Waals surface area contributed by atoms with E-state index in [4.69, 9.17) is 14.2 Å². The summed E-state index contributed by atoms with van der Waals surface area (Å²) in [7, 11) is 0. The van der Waals surface area contributed by atoms with Crippen LogP contribution in [0.3, 0.4) is 0 Å². The monoisotopic (exact) mass is 320 g/mol. The first-order valence-corrected chi connectivity index (χ1v) is 8.77. The predicted molar refractivity (Wildman–Crippen MR) is 88.9 cm³/mol. The molecule has 0 saturated carbocycles. The summed E-state index contributed by atoms with van der Waals surface area (Å²) in [6.45, 7) is 1.86. The molecule has 0 radical (unpaired) electrons. The fourth-order valence-corrected chi connectivity index (χ4v) is 2.67. The van der Waals surface area contributed by atoms with E-state index in [9.17, 15) is 4.79 Å². The second-order valence-electron chi connectivity index (χ2n) is 5.98. The highest BCUT2D eigenvalue weighted by Gasteiger charge is 2.14. The smallest absolute Gasteiger partial charge is 0.306 e. The number of carbonyl (C=O) groups excluding carboxylic acids is 1. The first-order chi connectivity index (χ1) is 11.3. The molecule has 1 aromatic carbocycles. The topological polar surface area (TPSA) is 44.8 Å². The molecule has 1 fully saturated rings. The first kappa shape index (κ1) is 18.0. The Labute approximate surface area is 139 Å². The predicted octanol–water partition coefficient (Wildman–Crippen LogP) is 4.22. The van der Waals surface area contributed by atoms with Crippen molar-refractivity contribution in [2.75, 3.05) is 13.2 Å². The summed E-state index contributed by atoms with van der Waals surface area (Å²) in [4.78, 5) is 11.6. The van der Waals surface area contributed by atoms with Crippen LogP contribution in [-0.4, -0.2) is 25.5 Å². The van der Waals surface area contributed by atoms with E-state index in [0.717, 1.165) is 44.5 Å². The van der Waals surface area contributed by atoms with Crippen LogP contribution in [0.1, 0.15) is 56.9 Å². The molecule has 0 aromatic heterocycles. The maximum Gasteiger partial charge on any atom is 0.306 e. The molecule has 23 heavy (non-hydrogen) atoms. The highest BCUT2D eigenvalue weighted by Crippen LogP contribution is 2.14. The number of ether oxygens (including phenoxy) is 3. The molecule has 0 amide bonds. The van der Waals surface area contributed by atoms with Crippen molar-refractivity contribution in [1.82, 2.24) is 0 Å². The Bertz CT molecular complexity index is 426. The van der Waals surface area contributed by atoms with Crippen LogP contribution in [0.25, 0.3) is 0 Å². The molecule has 0 atom stereocenters. The molecule has 0 unspecified atom stereocenters. The van der Waals surface area contributed by atoms with Gasteiger partial charge < -0.3 is 14.2 Å². The van der Waals surface area contributed by atoms with Crippen LogP contribution in [0, 0.1) is 0 Å². The molecule has 0 N–H and O–H groups in total. The molecule has 1 aromatic rings. The lowest BCUT2D eigenvalue weighted by atomic mass is 10.1. The molecule has 0 spiro atoms. The van der Waals surface area contributed by atoms with Crippen molar-refractivity contribution in [3.63, 3.8) is 0 Å². The Hall–Kier alpha value is -1.39. The van der Waals surface area contributed by atoms with E-state index in [1.54, 1.807) is 0 Å². The molecule has 1 heterocycles. The van der Waals surface area contributed by atoms with E-state index in [2.05, 4.69) is 0 Å². The summed E-state index contributed by atoms with van der Waals surface area (Å²) in [5, 5.41) is 0. The molecule has 2 rings (SSSR count). The van der Waals surface area contributed by atoms with E-state index in [0.29, 0.717) is 13.0 Å². The SMILES string of the molecule is O=C(CCCCCCCCC1OCCO1)OCc1ccccc1. The van der Waals surface area contributed by atoms with Crippen molar-refractivity contribution in [2.24, 2.45) is 0 Å². The highest BCUT2D eigenvalue weighted by molar-refractivity contribution is 5.69. The Kier molecular flexibility index (Phi) is 8.74. The van der Waals surface area contributed by atoms with Crippen LogP contribution >= 0.6 is 0 Å². The van der Waals surface area contributed by atoms with Crippen molar-refractivity contribution in [2.45, 2.75) is 64.3 Å². The number of hydrogen-bond donors (Lipinski definition) is 0. The summed E-state index contributed by atoms with van der Waals surface area (Å²) in [6.07, 6.45) is 8.34. The minimum Gasteiger partial charge on any atom is -0.461 e. The molecule has 128 valence electrons. The zero-order chi connectivity index (χ0) is 16.2. The average Bonchev–Trinajstić information content (AvgIpc) is 3.10. The third kappa shape index (κ3) is 8.14. The maximum atomic E-state index is 11.6. The number of hydrogen-bond acceptors (Lipinski definition) is 4. The molecule has 0 aliphatic carbocycles. The van der Waals surface area contributed by atoms with Gasteiger partial charge in [-0.2, -0.15) is 0 Å². The Morgan fingerprint density at radius 3 is 2.35 bits per heavy atom. The van der Waals surface area contributed by atoms with Crippen molar-refractivity contribution in [3.8, 4) is 0 Å². The number of unbranched alkanes of at least 4 members (excludes halogenated alkanes) is 5. The summed E-state index contributed by atoms with van der Waals surface area (Å²) in [5.74, 6) is -0.0932. The average molecular weight is 320 g/mol. The van der Waals surface area contributed by atoms with Gasteiger partial charge in [-0.25, -0.2) is 0 Å². The highest BCUT2D eigenvalue weighted by atomic mass is 16.7. The lowest BCUT2D eigenvalue weighted by molar-refractivity contribution is -0.145. The van der Waals surface area contributed by atoms with Gasteiger partial charge in [0.2, 0.25) is 0 Å². The van der Waals surface area contributed by atoms with Crippen LogP contribution in [0.2, 0.25) is 0 Å². The molecule has 1 saturated heterocycles. The second kappa shape index (κ2) is 11.2. The van der Waals surface area contributed by atoms with Gasteiger partial charge in [-0.05, 0) is 24.8 Å². The van der Waals surface area contributed by atoms with E-state index in [-0.39, 0.29) is 12.3 Å². The fourth-order valence-electron chi connectivity index (χ4n) is 2.67. The number of esters is 1. The summed E-state index contributed by atoms with van der Waals surface area (Å²) >= 11 is 0. The number of rotatable bonds is 11. The van der Waals surface area contributed by atoms with Gasteiger partial charge in [0.25, 0.3) is 0 Å². The van der Waals surface area contributed by atoms with E-state index < -0.39 is 0 Å². The van der Waals surface area contributed by atoms with E-state index in [1.165, 1.54) is 19.3 Å². The number of carbonyl (C=O) groups is 1. The molecule has 4 heteroatoms. The summed E-state index contributed by atoms with van der Waals surface area (Å²) in [5.41, 5.74) is 1.04. The summed E-state index contributed by atoms with van der Waals surface area (Å²) < 4.78 is 16.1. The van der Waals surface area contributed by atoms with Gasteiger partial charge in [0.05, 0.1) is 13.2 Å². The molecular weight excluding hydrogens is 292 g/mol. The van der Waals surface area contributed by atoms with Crippen molar-refractivity contribution < 1.29 is 19.0 Å². The van der Waals surface area contributed by atoms with Gasteiger partial charge in [-0.1, -0.05) is 56.0 Å². The zero-order valence-electron chi connectivity index (χ0n) is 13.9. The standard InChI is InChI=1S/C19H28O4/c20-18(23-16-17-10-6-5-7-11-17)12-8-3-1-2-4-9-13-19-21-14-15-22-19/h5-7,10-11,19H,1-4,8-9,12-16H2. The minimum absolute atomic E-state index is 0.0365. The van der Waals surface area contributed by atoms with Gasteiger partial charge in [-0.15, -0.1) is 0 Å². The van der Waals surface area contributed by atoms with Crippen LogP contribution in [0.5, 0.6) is 0 Å². The largest absolute Gasteiger partial charge is 0.461 e. The third-order valence-corrected chi connectivity index (χ3v) is 4.00. The van der Waals surface area contributed by atoms with Gasteiger partial charge in [0, 0.05) is 6.42 Å². The molecule has 4 nitrogen and oxygen atoms in total. The molecule has 1 aliphatic heterocycles. The second-order valence-corrected chi connectivity index (χ2v) is 5.98. The Balaban J connectivity index is 1.37. The van der Waals surface area contributed by atoms with Crippen molar-refractivity contribution >= 4 is 5.97 Å². The Morgan fingerprint density at radius 2 is 1.61 bits per heavy atom. The van der Waals surface area contributed by atoms with Crippen LogP contribution in [0.15, 0.2) is 30.3 Å². The Morgan fingerprint density at radius 1 is 0.957 bits per heavy atom. The minimum atomic E-state index is -0.0932. The molecular formula is C19H28O4. The van der Waals surface area contributed by atoms with Crippen LogP contribution in [-0.2, 0) is 25.6 Å². The van der Waals surface area contributed by atoms with Crippen LogP contribution in [0.4, 0.5) is 0 Å². The number of benzene rings is 1. The van der Waals surface area contributed by atoms with Crippen molar-refractivity contribution in [3.05, 3.63) is 35.9 Å².